The van der Waals surface area contributed by atoms with E-state index in [0.29, 0.717) is 12.8 Å². The number of esters is 4. The first kappa shape index (κ1) is 40.2. The number of hydrogen-bond acceptors (Lipinski definition) is 8. The summed E-state index contributed by atoms with van der Waals surface area (Å²) in [6.45, 7) is 12.5. The van der Waals surface area contributed by atoms with Crippen molar-refractivity contribution in [2.24, 2.45) is 10.8 Å². The summed E-state index contributed by atoms with van der Waals surface area (Å²) in [6.07, 6.45) is 4.51. The summed E-state index contributed by atoms with van der Waals surface area (Å²) in [5.74, 6) is -6.46. The minimum atomic E-state index is -1.65. The molecule has 0 fully saturated rings. The Bertz CT molecular complexity index is 1360. The summed E-state index contributed by atoms with van der Waals surface area (Å²) in [5.41, 5.74) is -0.856. The second-order valence-electron chi connectivity index (χ2n) is 12.0. The van der Waals surface area contributed by atoms with Crippen molar-refractivity contribution in [3.8, 4) is 11.5 Å². The summed E-state index contributed by atoms with van der Waals surface area (Å²) >= 11 is 37.2. The Morgan fingerprint density at radius 3 is 1.22 bits per heavy atom. The number of carbonyl (C=O) groups is 4. The van der Waals surface area contributed by atoms with Crippen LogP contribution >= 0.6 is 69.6 Å². The molecule has 0 radical (unpaired) electrons. The summed E-state index contributed by atoms with van der Waals surface area (Å²) < 4.78 is 21.0. The van der Waals surface area contributed by atoms with Gasteiger partial charge in [0.25, 0.3) is 0 Å². The van der Waals surface area contributed by atoms with E-state index >= 15 is 0 Å². The highest BCUT2D eigenvalue weighted by atomic mass is 35.5. The zero-order valence-corrected chi connectivity index (χ0v) is 30.9. The lowest BCUT2D eigenvalue weighted by atomic mass is 9.85. The Kier molecular flexibility index (Phi) is 15.3. The maximum absolute atomic E-state index is 13.0. The van der Waals surface area contributed by atoms with Crippen molar-refractivity contribution >= 4 is 93.5 Å². The highest BCUT2D eigenvalue weighted by molar-refractivity contribution is 6.47. The lowest BCUT2D eigenvalue weighted by Crippen LogP contribution is -2.27. The largest absolute Gasteiger partial charge is 0.462 e. The Labute approximate surface area is 299 Å². The van der Waals surface area contributed by atoms with Crippen LogP contribution in [0.5, 0.6) is 11.5 Å². The summed E-state index contributed by atoms with van der Waals surface area (Å²) in [4.78, 5) is 51.9. The molecule has 0 aliphatic heterocycles. The maximum Gasteiger partial charge on any atom is 0.423 e. The lowest BCUT2D eigenvalue weighted by molar-refractivity contribution is -0.156. The van der Waals surface area contributed by atoms with Crippen LogP contribution in [-0.2, 0) is 19.1 Å². The molecule has 0 N–H and O–H groups in total. The van der Waals surface area contributed by atoms with Gasteiger partial charge >= 0.3 is 23.9 Å². The molecular formula is C32H36Cl6O8. The van der Waals surface area contributed by atoms with E-state index in [0.717, 1.165) is 37.8 Å². The molecule has 0 atom stereocenters. The van der Waals surface area contributed by atoms with Gasteiger partial charge in [-0.3, -0.25) is 0 Å². The molecule has 0 saturated carbocycles. The minimum absolute atomic E-state index is 0.0310. The standard InChI is InChI=1S/C32H36Cl6O8/c1-7-31(3,4)11-9-13-43-27(39)21-23(37)17(33)15-19(35)25(21)45-29(41)30(42)46-26-20(36)16-18(34)24(38)22(26)28(40)44-14-10-12-32(5,6)8-2/h15-16H,7-14H2,1-6H3. The van der Waals surface area contributed by atoms with Crippen LogP contribution in [0.4, 0.5) is 0 Å². The molecule has 0 heterocycles. The second-order valence-corrected chi connectivity index (χ2v) is 14.4. The molecule has 8 nitrogen and oxygen atoms in total. The Morgan fingerprint density at radius 1 is 0.587 bits per heavy atom. The SMILES string of the molecule is CCC(C)(C)CCCOC(=O)c1c(Cl)c(Cl)cc(Cl)c1OC(=O)C(=O)Oc1c(Cl)cc(Cl)c(Cl)c1C(=O)OCCCC(C)(C)CC. The first-order chi connectivity index (χ1) is 21.4. The number of rotatable bonds is 14. The molecule has 254 valence electrons. The van der Waals surface area contributed by atoms with Crippen LogP contribution in [0.1, 0.15) is 101 Å². The van der Waals surface area contributed by atoms with E-state index in [1.165, 1.54) is 0 Å². The molecule has 0 spiro atoms. The van der Waals surface area contributed by atoms with Gasteiger partial charge in [-0.25, -0.2) is 19.2 Å². The van der Waals surface area contributed by atoms with Gasteiger partial charge in [0.2, 0.25) is 0 Å². The average Bonchev–Trinajstić information content (AvgIpc) is 2.98. The van der Waals surface area contributed by atoms with Gasteiger partial charge in [0.05, 0.1) is 43.3 Å². The van der Waals surface area contributed by atoms with Crippen LogP contribution in [0, 0.1) is 10.8 Å². The Balaban J connectivity index is 2.28. The number of halogens is 6. The van der Waals surface area contributed by atoms with Crippen LogP contribution in [0.25, 0.3) is 0 Å². The van der Waals surface area contributed by atoms with Crippen molar-refractivity contribution in [3.05, 3.63) is 53.4 Å². The molecule has 0 saturated heterocycles. The molecule has 46 heavy (non-hydrogen) atoms. The fourth-order valence-electron chi connectivity index (χ4n) is 3.92. The van der Waals surface area contributed by atoms with E-state index in [1.807, 2.05) is 0 Å². The predicted molar refractivity (Wildman–Crippen MR) is 181 cm³/mol. The summed E-state index contributed by atoms with van der Waals surface area (Å²) in [7, 11) is 0. The molecule has 2 rings (SSSR count). The zero-order valence-electron chi connectivity index (χ0n) is 26.3. The molecule has 2 aromatic rings. The van der Waals surface area contributed by atoms with Crippen molar-refractivity contribution < 1.29 is 38.1 Å². The highest BCUT2D eigenvalue weighted by Gasteiger charge is 2.32. The van der Waals surface area contributed by atoms with E-state index in [1.54, 1.807) is 0 Å². The summed E-state index contributed by atoms with van der Waals surface area (Å²) in [5, 5.41) is -1.54. The normalized spacial score (nSPS) is 11.7. The Hall–Kier alpha value is -1.94. The molecule has 14 heteroatoms. The topological polar surface area (TPSA) is 105 Å². The third-order valence-electron chi connectivity index (χ3n) is 7.59. The number of hydrogen-bond donors (Lipinski definition) is 0. The lowest BCUT2D eigenvalue weighted by Gasteiger charge is -2.22. The third kappa shape index (κ3) is 11.1. The quantitative estimate of drug-likeness (QED) is 0.0616. The molecule has 0 aliphatic carbocycles. The first-order valence-corrected chi connectivity index (χ1v) is 16.8. The molecule has 0 aliphatic rings. The van der Waals surface area contributed by atoms with E-state index in [2.05, 4.69) is 41.5 Å². The van der Waals surface area contributed by atoms with E-state index in [9.17, 15) is 19.2 Å². The minimum Gasteiger partial charge on any atom is -0.462 e. The van der Waals surface area contributed by atoms with Crippen LogP contribution in [0.2, 0.25) is 30.1 Å². The molecule has 0 bridgehead atoms. The highest BCUT2D eigenvalue weighted by Crippen LogP contribution is 2.42. The summed E-state index contributed by atoms with van der Waals surface area (Å²) in [6, 6.07) is 2.23. The van der Waals surface area contributed by atoms with Crippen molar-refractivity contribution in [1.82, 2.24) is 0 Å². The van der Waals surface area contributed by atoms with Gasteiger partial charge in [0.15, 0.2) is 11.5 Å². The number of carbonyl (C=O) groups excluding carboxylic acids is 4. The van der Waals surface area contributed by atoms with Gasteiger partial charge in [-0.2, -0.15) is 0 Å². The molecular weight excluding hydrogens is 725 g/mol. The maximum atomic E-state index is 13.0. The second kappa shape index (κ2) is 17.5. The molecule has 0 unspecified atom stereocenters. The van der Waals surface area contributed by atoms with Gasteiger partial charge in [0, 0.05) is 0 Å². The van der Waals surface area contributed by atoms with E-state index in [-0.39, 0.29) is 54.2 Å². The predicted octanol–water partition coefficient (Wildman–Crippen LogP) is 10.9. The number of benzene rings is 2. The van der Waals surface area contributed by atoms with Crippen molar-refractivity contribution in [2.75, 3.05) is 13.2 Å². The fraction of sp³-hybridized carbons (Fsp3) is 0.500. The first-order valence-electron chi connectivity index (χ1n) is 14.5. The monoisotopic (exact) mass is 758 g/mol. The smallest absolute Gasteiger partial charge is 0.423 e. The number of ether oxygens (including phenoxy) is 4. The molecule has 0 aromatic heterocycles. The van der Waals surface area contributed by atoms with Crippen LogP contribution < -0.4 is 9.47 Å². The fourth-order valence-corrected chi connectivity index (χ4v) is 5.36. The van der Waals surface area contributed by atoms with Gasteiger partial charge in [0.1, 0.15) is 11.1 Å². The average molecular weight is 761 g/mol. The molecule has 2 aromatic carbocycles. The van der Waals surface area contributed by atoms with Crippen LogP contribution in [-0.4, -0.2) is 37.1 Å². The van der Waals surface area contributed by atoms with E-state index < -0.39 is 46.5 Å². The van der Waals surface area contributed by atoms with Crippen LogP contribution in [0.15, 0.2) is 12.1 Å². The van der Waals surface area contributed by atoms with E-state index in [4.69, 9.17) is 88.6 Å². The Morgan fingerprint density at radius 2 is 0.913 bits per heavy atom. The van der Waals surface area contributed by atoms with Crippen molar-refractivity contribution in [3.63, 3.8) is 0 Å². The molecule has 0 amide bonds. The third-order valence-corrected chi connectivity index (χ3v) is 9.73. The van der Waals surface area contributed by atoms with Gasteiger partial charge in [-0.05, 0) is 48.6 Å². The van der Waals surface area contributed by atoms with Gasteiger partial charge in [-0.15, -0.1) is 0 Å². The van der Waals surface area contributed by atoms with Gasteiger partial charge < -0.3 is 18.9 Å². The van der Waals surface area contributed by atoms with Crippen molar-refractivity contribution in [1.29, 1.82) is 0 Å². The van der Waals surface area contributed by atoms with Gasteiger partial charge in [-0.1, -0.05) is 124 Å². The zero-order chi connectivity index (χ0) is 35.0. The van der Waals surface area contributed by atoms with Crippen LogP contribution in [0.3, 0.4) is 0 Å². The van der Waals surface area contributed by atoms with Crippen molar-refractivity contribution in [2.45, 2.75) is 80.1 Å².